The van der Waals surface area contributed by atoms with Gasteiger partial charge in [-0.15, -0.1) is 0 Å². The van der Waals surface area contributed by atoms with E-state index >= 15 is 0 Å². The van der Waals surface area contributed by atoms with Crippen molar-refractivity contribution in [3.63, 3.8) is 0 Å². The Balaban J connectivity index is 1.89. The minimum Gasteiger partial charge on any atom is -0.339 e. The van der Waals surface area contributed by atoms with Gasteiger partial charge in [0.25, 0.3) is 5.56 Å². The van der Waals surface area contributed by atoms with Crippen LogP contribution in [-0.2, 0) is 6.54 Å². The van der Waals surface area contributed by atoms with Crippen LogP contribution in [0.1, 0.15) is 30.5 Å². The highest BCUT2D eigenvalue weighted by Gasteiger charge is 2.29. The van der Waals surface area contributed by atoms with E-state index in [1.165, 1.54) is 10.8 Å². The third-order valence-electron chi connectivity index (χ3n) is 2.69. The molecular weight excluding hydrogens is 260 g/mol. The fraction of sp³-hybridized carbons (Fsp3) is 0.400. The first-order valence-electron chi connectivity index (χ1n) is 5.45. The summed E-state index contributed by atoms with van der Waals surface area (Å²) in [5.74, 6) is 1.36. The van der Waals surface area contributed by atoms with Crippen LogP contribution in [0.5, 0.6) is 0 Å². The Bertz CT molecular complexity index is 698. The molecule has 1 saturated carbocycles. The molecule has 1 N–H and O–H groups in total. The molecule has 1 fully saturated rings. The Hall–Kier alpha value is -1.89. The van der Waals surface area contributed by atoms with Gasteiger partial charge in [0.2, 0.25) is 5.89 Å². The Morgan fingerprint density at radius 1 is 1.50 bits per heavy atom. The molecule has 3 rings (SSSR count). The summed E-state index contributed by atoms with van der Waals surface area (Å²) in [5, 5.41) is 3.73. The highest BCUT2D eigenvalue weighted by molar-refractivity contribution is 6.30. The lowest BCUT2D eigenvalue weighted by Crippen LogP contribution is -2.30. The van der Waals surface area contributed by atoms with E-state index in [-0.39, 0.29) is 11.6 Å². The monoisotopic (exact) mass is 268 g/mol. The fourth-order valence-corrected chi connectivity index (χ4v) is 1.75. The topological polar surface area (TPSA) is 93.8 Å². The van der Waals surface area contributed by atoms with Gasteiger partial charge in [-0.25, -0.2) is 4.79 Å². The molecule has 94 valence electrons. The van der Waals surface area contributed by atoms with Crippen molar-refractivity contribution in [3.05, 3.63) is 43.8 Å². The largest absolute Gasteiger partial charge is 0.339 e. The number of halogens is 1. The Labute approximate surface area is 105 Å². The lowest BCUT2D eigenvalue weighted by molar-refractivity contribution is 0.372. The van der Waals surface area contributed by atoms with Gasteiger partial charge >= 0.3 is 5.69 Å². The fourth-order valence-electron chi connectivity index (χ4n) is 1.58. The van der Waals surface area contributed by atoms with E-state index in [1.807, 2.05) is 0 Å². The summed E-state index contributed by atoms with van der Waals surface area (Å²) in [6.45, 7) is 0.117. The van der Waals surface area contributed by atoms with E-state index in [0.29, 0.717) is 17.6 Å². The van der Waals surface area contributed by atoms with Gasteiger partial charge in [-0.2, -0.15) is 4.98 Å². The van der Waals surface area contributed by atoms with Gasteiger partial charge < -0.3 is 4.52 Å². The number of rotatable bonds is 3. The van der Waals surface area contributed by atoms with Crippen molar-refractivity contribution in [2.75, 3.05) is 0 Å². The van der Waals surface area contributed by atoms with Gasteiger partial charge in [-0.3, -0.25) is 14.3 Å². The smallest absolute Gasteiger partial charge is 0.328 e. The molecule has 7 nitrogen and oxygen atoms in total. The number of aromatic amines is 1. The zero-order valence-electron chi connectivity index (χ0n) is 9.22. The number of nitrogens with zero attached hydrogens (tertiary/aromatic N) is 3. The number of nitrogens with one attached hydrogen (secondary N) is 1. The first kappa shape index (κ1) is 11.2. The molecule has 0 atom stereocenters. The van der Waals surface area contributed by atoms with Crippen LogP contribution in [-0.4, -0.2) is 19.7 Å². The van der Waals surface area contributed by atoms with E-state index in [2.05, 4.69) is 15.1 Å². The van der Waals surface area contributed by atoms with Crippen LogP contribution in [0.25, 0.3) is 0 Å². The number of hydrogen-bond donors (Lipinski definition) is 1. The molecule has 1 aliphatic rings. The average Bonchev–Trinajstić information content (AvgIpc) is 3.07. The number of hydrogen-bond acceptors (Lipinski definition) is 5. The lowest BCUT2D eigenvalue weighted by atomic mass is 10.4. The summed E-state index contributed by atoms with van der Waals surface area (Å²) >= 11 is 5.65. The van der Waals surface area contributed by atoms with Crippen LogP contribution < -0.4 is 11.2 Å². The van der Waals surface area contributed by atoms with Crippen LogP contribution in [0.15, 0.2) is 20.3 Å². The predicted molar refractivity (Wildman–Crippen MR) is 61.7 cm³/mol. The van der Waals surface area contributed by atoms with Crippen molar-refractivity contribution in [3.8, 4) is 0 Å². The first-order valence-corrected chi connectivity index (χ1v) is 5.83. The SMILES string of the molecule is O=c1[nH]c(=O)n(Cc2noc(C3CC3)n2)cc1Cl. The average molecular weight is 269 g/mol. The summed E-state index contributed by atoms with van der Waals surface area (Å²) in [5.41, 5.74) is -1.16. The van der Waals surface area contributed by atoms with Crippen LogP contribution >= 0.6 is 11.6 Å². The zero-order chi connectivity index (χ0) is 12.7. The molecule has 0 unspecified atom stereocenters. The summed E-state index contributed by atoms with van der Waals surface area (Å²) in [6, 6.07) is 0. The molecular formula is C10H9ClN4O3. The van der Waals surface area contributed by atoms with Crippen molar-refractivity contribution < 1.29 is 4.52 Å². The highest BCUT2D eigenvalue weighted by atomic mass is 35.5. The summed E-state index contributed by atoms with van der Waals surface area (Å²) in [6.07, 6.45) is 3.38. The maximum Gasteiger partial charge on any atom is 0.328 e. The zero-order valence-corrected chi connectivity index (χ0v) is 9.98. The van der Waals surface area contributed by atoms with Gasteiger partial charge in [0.15, 0.2) is 5.82 Å². The third-order valence-corrected chi connectivity index (χ3v) is 2.96. The van der Waals surface area contributed by atoms with Gasteiger partial charge in [0.1, 0.15) is 5.02 Å². The molecule has 0 amide bonds. The molecule has 0 radical (unpaired) electrons. The van der Waals surface area contributed by atoms with Gasteiger partial charge in [0.05, 0.1) is 6.54 Å². The molecule has 8 heteroatoms. The van der Waals surface area contributed by atoms with E-state index < -0.39 is 11.2 Å². The maximum atomic E-state index is 11.5. The molecule has 0 saturated heterocycles. The quantitative estimate of drug-likeness (QED) is 0.875. The van der Waals surface area contributed by atoms with Crippen molar-refractivity contribution in [1.82, 2.24) is 19.7 Å². The van der Waals surface area contributed by atoms with Gasteiger partial charge in [-0.1, -0.05) is 16.8 Å². The summed E-state index contributed by atoms with van der Waals surface area (Å²) in [4.78, 5) is 28.9. The van der Waals surface area contributed by atoms with Crippen molar-refractivity contribution >= 4 is 11.6 Å². The number of aromatic nitrogens is 4. The second kappa shape index (κ2) is 4.09. The molecule has 0 spiro atoms. The van der Waals surface area contributed by atoms with E-state index in [0.717, 1.165) is 12.8 Å². The van der Waals surface area contributed by atoms with Crippen LogP contribution in [0.3, 0.4) is 0 Å². The Morgan fingerprint density at radius 3 is 3.00 bits per heavy atom. The minimum absolute atomic E-state index is 0.0551. The minimum atomic E-state index is -0.607. The normalized spacial score (nSPS) is 14.9. The van der Waals surface area contributed by atoms with Gasteiger partial charge in [-0.05, 0) is 12.8 Å². The summed E-state index contributed by atoms with van der Waals surface area (Å²) < 4.78 is 6.30. The van der Waals surface area contributed by atoms with Gasteiger partial charge in [0, 0.05) is 12.1 Å². The summed E-state index contributed by atoms with van der Waals surface area (Å²) in [7, 11) is 0. The third kappa shape index (κ3) is 2.08. The molecule has 2 heterocycles. The molecule has 1 aliphatic carbocycles. The molecule has 18 heavy (non-hydrogen) atoms. The maximum absolute atomic E-state index is 11.5. The van der Waals surface area contributed by atoms with Crippen LogP contribution in [0.4, 0.5) is 0 Å². The van der Waals surface area contributed by atoms with E-state index in [1.54, 1.807) is 0 Å². The van der Waals surface area contributed by atoms with Crippen molar-refractivity contribution in [1.29, 1.82) is 0 Å². The van der Waals surface area contributed by atoms with Crippen LogP contribution in [0, 0.1) is 0 Å². The first-order chi connectivity index (χ1) is 8.63. The predicted octanol–water partition coefficient (Wildman–Crippen LogP) is 0.499. The second-order valence-electron chi connectivity index (χ2n) is 4.19. The van der Waals surface area contributed by atoms with Crippen molar-refractivity contribution in [2.24, 2.45) is 0 Å². The standard InChI is InChI=1S/C10H9ClN4O3/c11-6-3-15(10(17)13-8(6)16)4-7-12-9(18-14-7)5-1-2-5/h3,5H,1-2,4H2,(H,13,16,17). The molecule has 0 bridgehead atoms. The highest BCUT2D eigenvalue weighted by Crippen LogP contribution is 2.38. The van der Waals surface area contributed by atoms with E-state index in [9.17, 15) is 9.59 Å². The Kier molecular flexibility index (Phi) is 2.55. The molecule has 2 aromatic rings. The van der Waals surface area contributed by atoms with Crippen molar-refractivity contribution in [2.45, 2.75) is 25.3 Å². The lowest BCUT2D eigenvalue weighted by Gasteiger charge is -2.00. The van der Waals surface area contributed by atoms with E-state index in [4.69, 9.17) is 16.1 Å². The Morgan fingerprint density at radius 2 is 2.28 bits per heavy atom. The second-order valence-corrected chi connectivity index (χ2v) is 4.59. The molecule has 2 aromatic heterocycles. The van der Waals surface area contributed by atoms with Crippen LogP contribution in [0.2, 0.25) is 5.02 Å². The molecule has 0 aliphatic heterocycles. The number of H-pyrrole nitrogens is 1. The molecule has 0 aromatic carbocycles.